The summed E-state index contributed by atoms with van der Waals surface area (Å²) >= 11 is 0. The molecular weight excluding hydrogens is 448 g/mol. The van der Waals surface area contributed by atoms with E-state index in [1.54, 1.807) is 12.5 Å². The molecule has 3 saturated carbocycles. The van der Waals surface area contributed by atoms with Crippen LogP contribution in [0.5, 0.6) is 0 Å². The first-order valence-corrected chi connectivity index (χ1v) is 15.0. The van der Waals surface area contributed by atoms with E-state index in [2.05, 4.69) is 32.2 Å². The quantitative estimate of drug-likeness (QED) is 0.494. The number of nitrogens with one attached hydrogen (secondary N) is 1. The Labute approximate surface area is 218 Å². The molecule has 4 fully saturated rings. The smallest absolute Gasteiger partial charge is 0.222 e. The van der Waals surface area contributed by atoms with Crippen LogP contribution in [0.2, 0.25) is 0 Å². The number of carbonyl (C=O) groups excluding carboxylic acids is 2. The van der Waals surface area contributed by atoms with Crippen LogP contribution in [0.1, 0.15) is 105 Å². The van der Waals surface area contributed by atoms with E-state index >= 15 is 0 Å². The van der Waals surface area contributed by atoms with Crippen LogP contribution in [0.25, 0.3) is 0 Å². The summed E-state index contributed by atoms with van der Waals surface area (Å²) < 4.78 is 0. The first-order chi connectivity index (χ1) is 17.1. The Balaban J connectivity index is 1.17. The van der Waals surface area contributed by atoms with Crippen molar-refractivity contribution in [3.8, 4) is 0 Å². The van der Waals surface area contributed by atoms with Crippen molar-refractivity contribution in [1.82, 2.24) is 10.2 Å². The fraction of sp³-hybridized carbons (Fsp3) is 0.871. The molecule has 5 aliphatic rings. The lowest BCUT2D eigenvalue weighted by atomic mass is 9.47. The van der Waals surface area contributed by atoms with Gasteiger partial charge in [-0.05, 0) is 111 Å². The van der Waals surface area contributed by atoms with Gasteiger partial charge in [-0.2, -0.15) is 0 Å². The molecule has 202 valence electrons. The predicted molar refractivity (Wildman–Crippen MR) is 143 cm³/mol. The number of aliphatic hydroxyl groups is 1. The number of nitrogens with zero attached hydrogens (tertiary/aromatic N) is 1. The maximum absolute atomic E-state index is 13.0. The number of hydrogen-bond acceptors (Lipinski definition) is 3. The van der Waals surface area contributed by atoms with Crippen LogP contribution in [-0.2, 0) is 9.59 Å². The number of allylic oxidation sites excluding steroid dienone is 1. The predicted octanol–water partition coefficient (Wildman–Crippen LogP) is 5.47. The third kappa shape index (κ3) is 4.67. The van der Waals surface area contributed by atoms with Crippen LogP contribution < -0.4 is 5.32 Å². The Morgan fingerprint density at radius 2 is 1.83 bits per heavy atom. The number of carbonyl (C=O) groups is 2. The molecule has 1 heterocycles. The van der Waals surface area contributed by atoms with Gasteiger partial charge in [0.1, 0.15) is 0 Å². The molecule has 36 heavy (non-hydrogen) atoms. The second-order valence-corrected chi connectivity index (χ2v) is 13.8. The van der Waals surface area contributed by atoms with Crippen LogP contribution in [0.3, 0.4) is 0 Å². The lowest BCUT2D eigenvalue weighted by molar-refractivity contribution is -0.133. The monoisotopic (exact) mass is 498 g/mol. The number of piperidine rings is 1. The molecule has 5 rings (SSSR count). The maximum atomic E-state index is 13.0. The molecule has 5 heteroatoms. The highest BCUT2D eigenvalue weighted by molar-refractivity contribution is 5.76. The zero-order valence-corrected chi connectivity index (χ0v) is 23.2. The number of fused-ring (bicyclic) bond motifs is 5. The number of likely N-dealkylation sites (tertiary alicyclic amines) is 1. The van der Waals surface area contributed by atoms with Gasteiger partial charge in [0, 0.05) is 32.5 Å². The molecule has 0 bridgehead atoms. The van der Waals surface area contributed by atoms with Gasteiger partial charge in [-0.15, -0.1) is 0 Å². The van der Waals surface area contributed by atoms with Gasteiger partial charge >= 0.3 is 0 Å². The molecule has 0 radical (unpaired) electrons. The van der Waals surface area contributed by atoms with E-state index in [9.17, 15) is 14.7 Å². The second-order valence-electron chi connectivity index (χ2n) is 13.8. The first-order valence-electron chi connectivity index (χ1n) is 15.0. The van der Waals surface area contributed by atoms with Crippen molar-refractivity contribution in [1.29, 1.82) is 0 Å². The normalized spacial score (nSPS) is 41.5. The van der Waals surface area contributed by atoms with Gasteiger partial charge in [0.05, 0.1) is 6.10 Å². The summed E-state index contributed by atoms with van der Waals surface area (Å²) in [5.41, 5.74) is 2.29. The number of rotatable bonds is 5. The zero-order valence-electron chi connectivity index (χ0n) is 23.2. The number of amides is 2. The van der Waals surface area contributed by atoms with Crippen LogP contribution >= 0.6 is 0 Å². The highest BCUT2D eigenvalue weighted by Crippen LogP contribution is 2.67. The molecule has 1 saturated heterocycles. The van der Waals surface area contributed by atoms with Crippen LogP contribution in [0.4, 0.5) is 0 Å². The standard InChI is InChI=1S/C31H50N2O3/c1-20(5-10-29(36)33-17-13-23(14-18-33)32-21(2)34)26-8-9-27-25-7-6-22-19-24(35)11-15-30(22,3)28(25)12-16-31(26,27)4/h6,20,23-28,35H,5,7-19H2,1-4H3,(H,32,34)/t20?,24-,25-,26+,27-,28-,30-,31+/m0/s1. The molecule has 2 amide bonds. The average Bonchev–Trinajstić information content (AvgIpc) is 3.20. The molecule has 0 aromatic heterocycles. The molecule has 0 spiro atoms. The summed E-state index contributed by atoms with van der Waals surface area (Å²) in [4.78, 5) is 26.4. The summed E-state index contributed by atoms with van der Waals surface area (Å²) in [5, 5.41) is 13.3. The fourth-order valence-electron chi connectivity index (χ4n) is 9.89. The van der Waals surface area contributed by atoms with Gasteiger partial charge < -0.3 is 15.3 Å². The molecule has 5 nitrogen and oxygen atoms in total. The van der Waals surface area contributed by atoms with E-state index in [1.807, 2.05) is 4.90 Å². The summed E-state index contributed by atoms with van der Waals surface area (Å²) in [5.74, 6) is 4.07. The SMILES string of the molecule is CC(=O)NC1CCN(C(=O)CCC(C)[C@H]2CC[C@H]3[C@@H]4CC=C5C[C@@H](O)CC[C@]5(C)[C@H]4CC[C@]23C)CC1. The fourth-order valence-corrected chi connectivity index (χ4v) is 9.89. The lowest BCUT2D eigenvalue weighted by Gasteiger charge is -2.58. The Morgan fingerprint density at radius 1 is 1.08 bits per heavy atom. The Bertz CT molecular complexity index is 877. The topological polar surface area (TPSA) is 69.6 Å². The molecule has 2 N–H and O–H groups in total. The number of hydrogen-bond donors (Lipinski definition) is 2. The van der Waals surface area contributed by atoms with Gasteiger partial charge in [0.25, 0.3) is 0 Å². The molecular formula is C31H50N2O3. The minimum absolute atomic E-state index is 0.0299. The van der Waals surface area contributed by atoms with E-state index < -0.39 is 0 Å². The molecule has 0 aromatic carbocycles. The van der Waals surface area contributed by atoms with E-state index in [1.165, 1.54) is 32.1 Å². The highest BCUT2D eigenvalue weighted by Gasteiger charge is 2.59. The van der Waals surface area contributed by atoms with Gasteiger partial charge in [-0.25, -0.2) is 0 Å². The third-order valence-electron chi connectivity index (χ3n) is 11.9. The van der Waals surface area contributed by atoms with E-state index in [0.29, 0.717) is 29.1 Å². The lowest BCUT2D eigenvalue weighted by Crippen LogP contribution is -2.50. The Hall–Kier alpha value is -1.36. The molecule has 1 aliphatic heterocycles. The van der Waals surface area contributed by atoms with Gasteiger partial charge in [-0.3, -0.25) is 9.59 Å². The van der Waals surface area contributed by atoms with E-state index in [-0.39, 0.29) is 18.1 Å². The van der Waals surface area contributed by atoms with Gasteiger partial charge in [0.2, 0.25) is 11.8 Å². The van der Waals surface area contributed by atoms with Crippen molar-refractivity contribution >= 4 is 11.8 Å². The van der Waals surface area contributed by atoms with Gasteiger partial charge in [0.15, 0.2) is 0 Å². The molecule has 8 atom stereocenters. The summed E-state index contributed by atoms with van der Waals surface area (Å²) in [6.07, 6.45) is 15.5. The summed E-state index contributed by atoms with van der Waals surface area (Å²) in [6.45, 7) is 10.7. The minimum Gasteiger partial charge on any atom is -0.393 e. The van der Waals surface area contributed by atoms with Crippen molar-refractivity contribution in [2.45, 2.75) is 117 Å². The van der Waals surface area contributed by atoms with Crippen LogP contribution in [0, 0.1) is 40.4 Å². The van der Waals surface area contributed by atoms with Crippen molar-refractivity contribution in [2.24, 2.45) is 40.4 Å². The Kier molecular flexibility index (Phi) is 7.35. The average molecular weight is 499 g/mol. The zero-order chi connectivity index (χ0) is 25.7. The van der Waals surface area contributed by atoms with Crippen LogP contribution in [0.15, 0.2) is 11.6 Å². The highest BCUT2D eigenvalue weighted by atomic mass is 16.3. The molecule has 0 aromatic rings. The van der Waals surface area contributed by atoms with Crippen molar-refractivity contribution in [2.75, 3.05) is 13.1 Å². The Morgan fingerprint density at radius 3 is 2.56 bits per heavy atom. The third-order valence-corrected chi connectivity index (χ3v) is 11.9. The largest absolute Gasteiger partial charge is 0.393 e. The van der Waals surface area contributed by atoms with Crippen LogP contribution in [-0.4, -0.2) is 47.1 Å². The minimum atomic E-state index is -0.127. The summed E-state index contributed by atoms with van der Waals surface area (Å²) in [6, 6.07) is 0.225. The van der Waals surface area contributed by atoms with E-state index in [0.717, 1.165) is 75.3 Å². The first kappa shape index (κ1) is 26.3. The molecule has 4 aliphatic carbocycles. The molecule has 1 unspecified atom stereocenters. The maximum Gasteiger partial charge on any atom is 0.222 e. The summed E-state index contributed by atoms with van der Waals surface area (Å²) in [7, 11) is 0. The van der Waals surface area contributed by atoms with Crippen molar-refractivity contribution in [3.63, 3.8) is 0 Å². The van der Waals surface area contributed by atoms with Crippen molar-refractivity contribution in [3.05, 3.63) is 11.6 Å². The van der Waals surface area contributed by atoms with Gasteiger partial charge in [-0.1, -0.05) is 32.4 Å². The number of aliphatic hydroxyl groups excluding tert-OH is 1. The second kappa shape index (κ2) is 10.1. The van der Waals surface area contributed by atoms with Crippen molar-refractivity contribution < 1.29 is 14.7 Å². The van der Waals surface area contributed by atoms with E-state index in [4.69, 9.17) is 0 Å².